The number of benzene rings is 2. The molecule has 0 saturated heterocycles. The molecule has 1 aromatic heterocycles. The largest absolute Gasteiger partial charge is 0.494 e. The van der Waals surface area contributed by atoms with E-state index in [2.05, 4.69) is 54.6 Å². The van der Waals surface area contributed by atoms with Crippen LogP contribution in [0.3, 0.4) is 0 Å². The molecular weight excluding hydrogens is 390 g/mol. The maximum atomic E-state index is 12.8. The summed E-state index contributed by atoms with van der Waals surface area (Å²) in [4.78, 5) is 12.8. The number of ether oxygens (including phenoxy) is 1. The Morgan fingerprint density at radius 2 is 1.77 bits per heavy atom. The number of nitrogens with zero attached hydrogens (tertiary/aromatic N) is 2. The van der Waals surface area contributed by atoms with Gasteiger partial charge >= 0.3 is 0 Å². The van der Waals surface area contributed by atoms with E-state index < -0.39 is 0 Å². The van der Waals surface area contributed by atoms with Crippen molar-refractivity contribution in [1.82, 2.24) is 10.3 Å². The van der Waals surface area contributed by atoms with Crippen molar-refractivity contribution < 1.29 is 14.2 Å². The van der Waals surface area contributed by atoms with E-state index in [-0.39, 0.29) is 5.91 Å². The SMILES string of the molecule is CCCCCCOc1ccc(C(=O)Nc2nonc2-c2cc(CC)ccc2CC)cc1. The average molecular weight is 422 g/mol. The van der Waals surface area contributed by atoms with Crippen LogP contribution in [0.2, 0.25) is 0 Å². The molecule has 0 aliphatic carbocycles. The van der Waals surface area contributed by atoms with Crippen molar-refractivity contribution in [3.05, 3.63) is 59.2 Å². The molecule has 1 heterocycles. The fourth-order valence-corrected chi connectivity index (χ4v) is 3.42. The minimum absolute atomic E-state index is 0.267. The van der Waals surface area contributed by atoms with Crippen molar-refractivity contribution in [2.45, 2.75) is 59.3 Å². The summed E-state index contributed by atoms with van der Waals surface area (Å²) in [6.07, 6.45) is 6.40. The minimum atomic E-state index is -0.267. The van der Waals surface area contributed by atoms with Crippen molar-refractivity contribution in [2.75, 3.05) is 11.9 Å². The Labute approximate surface area is 184 Å². The number of carbonyl (C=O) groups excluding carboxylic acids is 1. The molecule has 0 atom stereocenters. The molecule has 0 radical (unpaired) electrons. The highest BCUT2D eigenvalue weighted by Crippen LogP contribution is 2.30. The first kappa shape index (κ1) is 22.5. The Morgan fingerprint density at radius 1 is 0.968 bits per heavy atom. The molecule has 1 amide bonds. The van der Waals surface area contributed by atoms with Gasteiger partial charge in [-0.1, -0.05) is 52.2 Å². The van der Waals surface area contributed by atoms with Gasteiger partial charge in [0.15, 0.2) is 5.69 Å². The number of unbranched alkanes of at least 4 members (excludes halogenated alkanes) is 3. The third-order valence-electron chi connectivity index (χ3n) is 5.32. The lowest BCUT2D eigenvalue weighted by molar-refractivity contribution is 0.102. The van der Waals surface area contributed by atoms with Crippen molar-refractivity contribution in [3.8, 4) is 17.0 Å². The van der Waals surface area contributed by atoms with Crippen LogP contribution in [0.5, 0.6) is 5.75 Å². The topological polar surface area (TPSA) is 77.2 Å². The second-order valence-electron chi connectivity index (χ2n) is 7.55. The van der Waals surface area contributed by atoms with Gasteiger partial charge < -0.3 is 10.1 Å². The predicted molar refractivity (Wildman–Crippen MR) is 123 cm³/mol. The van der Waals surface area contributed by atoms with E-state index in [0.29, 0.717) is 23.7 Å². The number of anilines is 1. The third-order valence-corrected chi connectivity index (χ3v) is 5.32. The number of aryl methyl sites for hydroxylation is 2. The van der Waals surface area contributed by atoms with E-state index in [9.17, 15) is 4.79 Å². The van der Waals surface area contributed by atoms with Gasteiger partial charge in [-0.3, -0.25) is 4.79 Å². The zero-order valence-corrected chi connectivity index (χ0v) is 18.6. The molecule has 1 N–H and O–H groups in total. The number of amides is 1. The quantitative estimate of drug-likeness (QED) is 0.380. The number of hydrogen-bond donors (Lipinski definition) is 1. The molecule has 6 nitrogen and oxygen atoms in total. The van der Waals surface area contributed by atoms with E-state index in [0.717, 1.165) is 36.1 Å². The lowest BCUT2D eigenvalue weighted by Crippen LogP contribution is -2.13. The molecule has 0 fully saturated rings. The Balaban J connectivity index is 1.68. The maximum Gasteiger partial charge on any atom is 0.256 e. The molecule has 164 valence electrons. The molecule has 0 aliphatic heterocycles. The second-order valence-corrected chi connectivity index (χ2v) is 7.55. The number of nitrogens with one attached hydrogen (secondary N) is 1. The summed E-state index contributed by atoms with van der Waals surface area (Å²) in [5.74, 6) is 0.821. The molecule has 0 unspecified atom stereocenters. The highest BCUT2D eigenvalue weighted by Gasteiger charge is 2.18. The number of aromatic nitrogens is 2. The van der Waals surface area contributed by atoms with Gasteiger partial charge in [0.2, 0.25) is 5.82 Å². The van der Waals surface area contributed by atoms with Crippen LogP contribution < -0.4 is 10.1 Å². The highest BCUT2D eigenvalue weighted by atomic mass is 16.6. The van der Waals surface area contributed by atoms with Crippen molar-refractivity contribution in [1.29, 1.82) is 0 Å². The van der Waals surface area contributed by atoms with Gasteiger partial charge in [-0.05, 0) is 71.0 Å². The van der Waals surface area contributed by atoms with Gasteiger partial charge in [-0.25, -0.2) is 4.63 Å². The molecule has 3 rings (SSSR count). The van der Waals surface area contributed by atoms with Crippen LogP contribution in [0, 0.1) is 0 Å². The lowest BCUT2D eigenvalue weighted by atomic mass is 9.98. The lowest BCUT2D eigenvalue weighted by Gasteiger charge is -2.09. The van der Waals surface area contributed by atoms with Crippen LogP contribution in [-0.2, 0) is 12.8 Å². The Morgan fingerprint density at radius 3 is 2.48 bits per heavy atom. The molecule has 3 aromatic rings. The van der Waals surface area contributed by atoms with Crippen LogP contribution in [0.1, 0.15) is 67.9 Å². The number of carbonyl (C=O) groups is 1. The molecule has 0 bridgehead atoms. The standard InChI is InChI=1S/C25H31N3O3/c1-4-7-8-9-16-30-21-14-12-20(13-15-21)25(29)26-24-23(27-31-28-24)22-17-18(5-2)10-11-19(22)6-3/h10-15,17H,4-9,16H2,1-3H3,(H,26,28,29). The summed E-state index contributed by atoms with van der Waals surface area (Å²) in [6.45, 7) is 7.07. The summed E-state index contributed by atoms with van der Waals surface area (Å²) in [6, 6.07) is 13.4. The highest BCUT2D eigenvalue weighted by molar-refractivity contribution is 6.05. The summed E-state index contributed by atoms with van der Waals surface area (Å²) in [5.41, 5.74) is 4.32. The third kappa shape index (κ3) is 5.94. The fourth-order valence-electron chi connectivity index (χ4n) is 3.42. The maximum absolute atomic E-state index is 12.8. The molecule has 6 heteroatoms. The summed E-state index contributed by atoms with van der Waals surface area (Å²) >= 11 is 0. The van der Waals surface area contributed by atoms with Gasteiger partial charge in [0.05, 0.1) is 6.61 Å². The number of hydrogen-bond acceptors (Lipinski definition) is 5. The Hall–Kier alpha value is -3.15. The van der Waals surface area contributed by atoms with Crippen molar-refractivity contribution in [3.63, 3.8) is 0 Å². The van der Waals surface area contributed by atoms with Gasteiger partial charge in [0.1, 0.15) is 5.75 Å². The van der Waals surface area contributed by atoms with Crippen LogP contribution in [0.4, 0.5) is 5.82 Å². The zero-order chi connectivity index (χ0) is 22.1. The average Bonchev–Trinajstić information content (AvgIpc) is 3.26. The Bertz CT molecular complexity index is 980. The molecule has 31 heavy (non-hydrogen) atoms. The van der Waals surface area contributed by atoms with Crippen LogP contribution in [-0.4, -0.2) is 22.8 Å². The molecular formula is C25H31N3O3. The molecule has 0 spiro atoms. The van der Waals surface area contributed by atoms with Gasteiger partial charge in [-0.2, -0.15) is 0 Å². The first-order chi connectivity index (χ1) is 15.2. The van der Waals surface area contributed by atoms with Crippen LogP contribution in [0.25, 0.3) is 11.3 Å². The second kappa shape index (κ2) is 11.3. The van der Waals surface area contributed by atoms with Crippen LogP contribution >= 0.6 is 0 Å². The van der Waals surface area contributed by atoms with Crippen molar-refractivity contribution in [2.24, 2.45) is 0 Å². The Kier molecular flexibility index (Phi) is 8.21. The smallest absolute Gasteiger partial charge is 0.256 e. The number of rotatable bonds is 11. The minimum Gasteiger partial charge on any atom is -0.494 e. The summed E-state index contributed by atoms with van der Waals surface area (Å²) in [7, 11) is 0. The van der Waals surface area contributed by atoms with Gasteiger partial charge in [0, 0.05) is 11.1 Å². The van der Waals surface area contributed by atoms with E-state index >= 15 is 0 Å². The molecule has 2 aromatic carbocycles. The molecule has 0 saturated carbocycles. The van der Waals surface area contributed by atoms with Crippen molar-refractivity contribution >= 4 is 11.7 Å². The van der Waals surface area contributed by atoms with Gasteiger partial charge in [0.25, 0.3) is 5.91 Å². The van der Waals surface area contributed by atoms with E-state index in [1.807, 2.05) is 12.1 Å². The fraction of sp³-hybridized carbons (Fsp3) is 0.400. The van der Waals surface area contributed by atoms with Crippen LogP contribution in [0.15, 0.2) is 47.1 Å². The zero-order valence-electron chi connectivity index (χ0n) is 18.6. The van der Waals surface area contributed by atoms with E-state index in [4.69, 9.17) is 9.37 Å². The normalized spacial score (nSPS) is 10.8. The van der Waals surface area contributed by atoms with E-state index in [1.54, 1.807) is 12.1 Å². The molecule has 0 aliphatic rings. The van der Waals surface area contributed by atoms with E-state index in [1.165, 1.54) is 24.8 Å². The first-order valence-electron chi connectivity index (χ1n) is 11.1. The summed E-state index contributed by atoms with van der Waals surface area (Å²) < 4.78 is 10.7. The monoisotopic (exact) mass is 421 g/mol. The summed E-state index contributed by atoms with van der Waals surface area (Å²) in [5, 5.41) is 10.8. The predicted octanol–water partition coefficient (Wildman–Crippen LogP) is 6.07. The van der Waals surface area contributed by atoms with Gasteiger partial charge in [-0.15, -0.1) is 0 Å². The first-order valence-corrected chi connectivity index (χ1v) is 11.1.